The van der Waals surface area contributed by atoms with E-state index in [4.69, 9.17) is 19.7 Å². The maximum atomic E-state index is 14.2. The number of nitrogens with two attached hydrogens (primary N) is 1. The molecule has 1 fully saturated rings. The number of oxazole rings is 1. The molecule has 0 radical (unpaired) electrons. The number of nitrogens with zero attached hydrogens (tertiary/aromatic N) is 5. The number of hydrogen-bond donors (Lipinski definition) is 2. The summed E-state index contributed by atoms with van der Waals surface area (Å²) in [5.74, 6) is -0.000286. The van der Waals surface area contributed by atoms with Crippen molar-refractivity contribution in [2.24, 2.45) is 16.5 Å². The van der Waals surface area contributed by atoms with E-state index < -0.39 is 30.3 Å². The first-order chi connectivity index (χ1) is 23.8. The van der Waals surface area contributed by atoms with Crippen LogP contribution in [0.2, 0.25) is 0 Å². The second-order valence-corrected chi connectivity index (χ2v) is 12.8. The second kappa shape index (κ2) is 16.6. The van der Waals surface area contributed by atoms with Crippen molar-refractivity contribution in [3.63, 3.8) is 0 Å². The molecular formula is C35H46F3N7O5. The Kier molecular flexibility index (Phi) is 12.8. The van der Waals surface area contributed by atoms with Crippen molar-refractivity contribution in [2.45, 2.75) is 85.2 Å². The highest BCUT2D eigenvalue weighted by molar-refractivity contribution is 5.95. The topological polar surface area (TPSA) is 150 Å². The van der Waals surface area contributed by atoms with Crippen LogP contribution in [0.4, 0.5) is 13.2 Å². The molecule has 0 saturated carbocycles. The van der Waals surface area contributed by atoms with Crippen molar-refractivity contribution < 1.29 is 32.0 Å². The van der Waals surface area contributed by atoms with Crippen LogP contribution in [0.15, 0.2) is 52.5 Å². The summed E-state index contributed by atoms with van der Waals surface area (Å²) in [4.78, 5) is 37.6. The number of benzene rings is 1. The average molecular weight is 702 g/mol. The Morgan fingerprint density at radius 1 is 1.20 bits per heavy atom. The highest BCUT2D eigenvalue weighted by Crippen LogP contribution is 2.42. The van der Waals surface area contributed by atoms with Gasteiger partial charge in [-0.2, -0.15) is 13.2 Å². The summed E-state index contributed by atoms with van der Waals surface area (Å²) >= 11 is 0. The molecule has 0 spiro atoms. The SMILES string of the molecule is CC.COC(C)c1ncccc1-c1c(CC(C)(C)CON=O)c2cc(-c3coc(CC(N)C(=O)N4CCCCN4)n3)ccc2n1CC(F)(F)F. The van der Waals surface area contributed by atoms with Crippen molar-refractivity contribution in [1.82, 2.24) is 25.0 Å². The summed E-state index contributed by atoms with van der Waals surface area (Å²) in [6, 6.07) is 7.61. The number of carbonyl (C=O) groups is 1. The molecule has 4 aromatic rings. The molecular weight excluding hydrogens is 655 g/mol. The molecule has 1 saturated heterocycles. The van der Waals surface area contributed by atoms with E-state index in [0.29, 0.717) is 57.8 Å². The quantitative estimate of drug-likeness (QED) is 0.112. The Balaban J connectivity index is 0.00000276. The van der Waals surface area contributed by atoms with Gasteiger partial charge in [0, 0.05) is 60.3 Å². The van der Waals surface area contributed by atoms with Crippen LogP contribution in [0.3, 0.4) is 0 Å². The van der Waals surface area contributed by atoms with E-state index >= 15 is 0 Å². The lowest BCUT2D eigenvalue weighted by Crippen LogP contribution is -2.53. The molecule has 1 aromatic carbocycles. The van der Waals surface area contributed by atoms with E-state index in [0.717, 1.165) is 12.8 Å². The number of ether oxygens (including phenoxy) is 1. The largest absolute Gasteiger partial charge is 0.448 e. The van der Waals surface area contributed by atoms with Gasteiger partial charge in [0.2, 0.25) is 0 Å². The lowest BCUT2D eigenvalue weighted by Gasteiger charge is -2.29. The van der Waals surface area contributed by atoms with Gasteiger partial charge in [-0.3, -0.25) is 14.8 Å². The van der Waals surface area contributed by atoms with Crippen LogP contribution < -0.4 is 11.2 Å². The van der Waals surface area contributed by atoms with E-state index in [9.17, 15) is 22.9 Å². The van der Waals surface area contributed by atoms with E-state index in [1.807, 2.05) is 27.7 Å². The minimum absolute atomic E-state index is 0.0610. The molecule has 0 bridgehead atoms. The summed E-state index contributed by atoms with van der Waals surface area (Å²) in [6.45, 7) is 9.41. The third-order valence-corrected chi connectivity index (χ3v) is 8.44. The predicted molar refractivity (Wildman–Crippen MR) is 183 cm³/mol. The fraction of sp³-hybridized carbons (Fsp3) is 0.514. The molecule has 0 aliphatic carbocycles. The first kappa shape index (κ1) is 38.5. The third kappa shape index (κ3) is 9.06. The smallest absolute Gasteiger partial charge is 0.406 e. The lowest BCUT2D eigenvalue weighted by atomic mass is 9.84. The van der Waals surface area contributed by atoms with Crippen LogP contribution in [0.5, 0.6) is 0 Å². The molecule has 5 rings (SSSR count). The standard InChI is InChI=1S/C33H40F3N7O5.C2H6/c1-20(46-4)29-22(8-7-11-38-29)30-24(16-32(2,3)19-48-41-45)23-14-21(9-10-27(23)42(30)18-33(34,35)36)26-17-47-28(40-26)15-25(37)31(44)43-13-6-5-12-39-43;1-2/h7-11,14,17,20,25,39H,5-6,12-13,15-16,18-19,37H2,1-4H3;1-2H3. The van der Waals surface area contributed by atoms with E-state index in [1.54, 1.807) is 43.5 Å². The minimum Gasteiger partial charge on any atom is -0.448 e. The van der Waals surface area contributed by atoms with Gasteiger partial charge in [0.15, 0.2) is 11.2 Å². The Bertz CT molecular complexity index is 1750. The average Bonchev–Trinajstić information content (AvgIpc) is 3.69. The molecule has 3 aromatic heterocycles. The molecule has 272 valence electrons. The van der Waals surface area contributed by atoms with Crippen LogP contribution in [0.1, 0.15) is 70.7 Å². The Morgan fingerprint density at radius 3 is 2.62 bits per heavy atom. The van der Waals surface area contributed by atoms with E-state index in [2.05, 4.69) is 20.7 Å². The Hall–Kier alpha value is -4.34. The molecule has 1 amide bonds. The van der Waals surface area contributed by atoms with Crippen LogP contribution in [0.25, 0.3) is 33.4 Å². The number of hydrogen-bond acceptors (Lipinski definition) is 10. The zero-order valence-electron chi connectivity index (χ0n) is 29.3. The van der Waals surface area contributed by atoms with Gasteiger partial charge in [-0.1, -0.05) is 33.8 Å². The Morgan fingerprint density at radius 2 is 1.96 bits per heavy atom. The first-order valence-corrected chi connectivity index (χ1v) is 16.7. The van der Waals surface area contributed by atoms with E-state index in [-0.39, 0.29) is 31.2 Å². The number of carbonyl (C=O) groups excluding carboxylic acids is 1. The number of halogens is 3. The molecule has 1 aliphatic heterocycles. The molecule has 2 unspecified atom stereocenters. The lowest BCUT2D eigenvalue weighted by molar-refractivity contribution is -0.139. The van der Waals surface area contributed by atoms with Crippen molar-refractivity contribution in [3.05, 3.63) is 64.8 Å². The highest BCUT2D eigenvalue weighted by Gasteiger charge is 2.35. The number of hydrazine groups is 1. The fourth-order valence-corrected chi connectivity index (χ4v) is 6.09. The second-order valence-electron chi connectivity index (χ2n) is 12.8. The maximum Gasteiger partial charge on any atom is 0.406 e. The van der Waals surface area contributed by atoms with Crippen molar-refractivity contribution in [3.8, 4) is 22.5 Å². The van der Waals surface area contributed by atoms with Gasteiger partial charge >= 0.3 is 6.18 Å². The Labute approximate surface area is 289 Å². The number of amides is 1. The molecule has 3 N–H and O–H groups in total. The van der Waals surface area contributed by atoms with Crippen LogP contribution in [-0.4, -0.2) is 64.5 Å². The van der Waals surface area contributed by atoms with Gasteiger partial charge in [0.1, 0.15) is 25.1 Å². The molecule has 4 heterocycles. The summed E-state index contributed by atoms with van der Waals surface area (Å²) < 4.78 is 55.2. The van der Waals surface area contributed by atoms with Crippen LogP contribution in [-0.2, 0) is 33.8 Å². The number of rotatable bonds is 13. The van der Waals surface area contributed by atoms with Gasteiger partial charge in [0.05, 0.1) is 23.5 Å². The number of nitrogens with one attached hydrogen (secondary N) is 1. The summed E-state index contributed by atoms with van der Waals surface area (Å²) in [5, 5.41) is 4.61. The zero-order valence-corrected chi connectivity index (χ0v) is 29.3. The van der Waals surface area contributed by atoms with Crippen molar-refractivity contribution in [1.29, 1.82) is 0 Å². The summed E-state index contributed by atoms with van der Waals surface area (Å²) in [6.07, 6.45) is 0.0980. The number of aromatic nitrogens is 3. The number of methoxy groups -OCH3 is 1. The monoisotopic (exact) mass is 701 g/mol. The molecule has 1 aliphatic rings. The van der Waals surface area contributed by atoms with Gasteiger partial charge < -0.3 is 24.3 Å². The number of alkyl halides is 3. The predicted octanol–water partition coefficient (Wildman–Crippen LogP) is 6.92. The molecule has 15 heteroatoms. The van der Waals surface area contributed by atoms with Gasteiger partial charge in [-0.05, 0) is 56.0 Å². The maximum absolute atomic E-state index is 14.2. The molecule has 50 heavy (non-hydrogen) atoms. The van der Waals surface area contributed by atoms with Crippen molar-refractivity contribution >= 4 is 16.8 Å². The zero-order chi connectivity index (χ0) is 36.6. The third-order valence-electron chi connectivity index (χ3n) is 8.44. The minimum atomic E-state index is -4.55. The van der Waals surface area contributed by atoms with Gasteiger partial charge in [-0.25, -0.2) is 10.4 Å². The first-order valence-electron chi connectivity index (χ1n) is 16.7. The number of fused-ring (bicyclic) bond motifs is 1. The molecule has 12 nitrogen and oxygen atoms in total. The van der Waals surface area contributed by atoms with Crippen LogP contribution in [0, 0.1) is 10.3 Å². The fourth-order valence-electron chi connectivity index (χ4n) is 6.09. The normalized spacial score (nSPS) is 15.0. The van der Waals surface area contributed by atoms with Crippen molar-refractivity contribution in [2.75, 3.05) is 26.8 Å². The number of pyridine rings is 1. The van der Waals surface area contributed by atoms with Crippen LogP contribution >= 0.6 is 0 Å². The highest BCUT2D eigenvalue weighted by atomic mass is 19.4. The summed E-state index contributed by atoms with van der Waals surface area (Å²) in [7, 11) is 1.51. The van der Waals surface area contributed by atoms with Gasteiger partial charge in [0.25, 0.3) is 5.91 Å². The molecule has 2 atom stereocenters. The van der Waals surface area contributed by atoms with Gasteiger partial charge in [-0.15, -0.1) is 4.91 Å². The van der Waals surface area contributed by atoms with E-state index in [1.165, 1.54) is 22.9 Å². The summed E-state index contributed by atoms with van der Waals surface area (Å²) in [5.41, 5.74) is 11.8.